The van der Waals surface area contributed by atoms with Crippen LogP contribution in [0.1, 0.15) is 42.5 Å². The second-order valence-corrected chi connectivity index (χ2v) is 7.81. The van der Waals surface area contributed by atoms with Gasteiger partial charge in [-0.3, -0.25) is 14.4 Å². The highest BCUT2D eigenvalue weighted by Crippen LogP contribution is 2.37. The maximum Gasteiger partial charge on any atom is 0.226 e. The fraction of sp³-hybridized carbons (Fsp3) is 0.571. The molecule has 0 spiro atoms. The van der Waals surface area contributed by atoms with Gasteiger partial charge in [-0.05, 0) is 48.9 Å². The average Bonchev–Trinajstić information content (AvgIpc) is 3.26. The molecule has 27 heavy (non-hydrogen) atoms. The van der Waals surface area contributed by atoms with Crippen molar-refractivity contribution in [3.63, 3.8) is 0 Å². The van der Waals surface area contributed by atoms with Crippen LogP contribution in [0.15, 0.2) is 24.3 Å². The highest BCUT2D eigenvalue weighted by atomic mass is 16.2. The van der Waals surface area contributed by atoms with Crippen LogP contribution >= 0.6 is 0 Å². The van der Waals surface area contributed by atoms with Crippen LogP contribution in [-0.2, 0) is 9.59 Å². The molecule has 6 heteroatoms. The van der Waals surface area contributed by atoms with Crippen LogP contribution in [0.4, 0.5) is 5.69 Å². The van der Waals surface area contributed by atoms with Gasteiger partial charge in [0.05, 0.1) is 0 Å². The molecule has 2 amide bonds. The van der Waals surface area contributed by atoms with Crippen molar-refractivity contribution in [2.45, 2.75) is 32.1 Å². The minimum Gasteiger partial charge on any atom is -0.345 e. The van der Waals surface area contributed by atoms with Gasteiger partial charge in [-0.25, -0.2) is 0 Å². The molecule has 2 aliphatic rings. The van der Waals surface area contributed by atoms with E-state index >= 15 is 0 Å². The Bertz CT molecular complexity index is 662. The van der Waals surface area contributed by atoms with Crippen molar-refractivity contribution in [1.29, 1.82) is 0 Å². The number of hydrogen-bond acceptors (Lipinski definition) is 4. The lowest BCUT2D eigenvalue weighted by Crippen LogP contribution is -2.33. The maximum absolute atomic E-state index is 12.3. The molecule has 2 atom stereocenters. The van der Waals surface area contributed by atoms with Gasteiger partial charge in [-0.15, -0.1) is 0 Å². The zero-order chi connectivity index (χ0) is 19.2. The number of benzene rings is 1. The van der Waals surface area contributed by atoms with E-state index < -0.39 is 0 Å². The lowest BCUT2D eigenvalue weighted by molar-refractivity contribution is -0.130. The van der Waals surface area contributed by atoms with Gasteiger partial charge in [0.1, 0.15) is 6.29 Å². The quantitative estimate of drug-likeness (QED) is 0.713. The van der Waals surface area contributed by atoms with Crippen LogP contribution < -0.4 is 5.32 Å². The van der Waals surface area contributed by atoms with Crippen molar-refractivity contribution in [2.24, 2.45) is 11.8 Å². The molecule has 0 radical (unpaired) electrons. The summed E-state index contributed by atoms with van der Waals surface area (Å²) >= 11 is 0. The number of carbonyl (C=O) groups is 3. The van der Waals surface area contributed by atoms with Crippen LogP contribution in [0.5, 0.6) is 0 Å². The Morgan fingerprint density at radius 2 is 1.81 bits per heavy atom. The van der Waals surface area contributed by atoms with Gasteiger partial charge < -0.3 is 15.1 Å². The van der Waals surface area contributed by atoms with E-state index in [9.17, 15) is 14.4 Å². The van der Waals surface area contributed by atoms with Crippen molar-refractivity contribution >= 4 is 23.8 Å². The molecule has 146 valence electrons. The van der Waals surface area contributed by atoms with E-state index in [0.717, 1.165) is 37.8 Å². The maximum atomic E-state index is 12.3. The zero-order valence-corrected chi connectivity index (χ0v) is 16.0. The molecule has 0 bridgehead atoms. The van der Waals surface area contributed by atoms with Crippen LogP contribution in [0.2, 0.25) is 0 Å². The first-order valence-electron chi connectivity index (χ1n) is 9.86. The normalized spacial score (nSPS) is 21.7. The van der Waals surface area contributed by atoms with Crippen molar-refractivity contribution in [2.75, 3.05) is 38.5 Å². The summed E-state index contributed by atoms with van der Waals surface area (Å²) in [6.07, 6.45) is 5.61. The van der Waals surface area contributed by atoms with Crippen molar-refractivity contribution < 1.29 is 14.4 Å². The molecule has 3 rings (SSSR count). The summed E-state index contributed by atoms with van der Waals surface area (Å²) in [6, 6.07) is 6.71. The number of nitrogens with one attached hydrogen (secondary N) is 1. The number of hydrogen-bond donors (Lipinski definition) is 1. The Kier molecular flexibility index (Phi) is 6.61. The molecule has 1 saturated carbocycles. The van der Waals surface area contributed by atoms with E-state index in [2.05, 4.69) is 10.2 Å². The highest BCUT2D eigenvalue weighted by Gasteiger charge is 2.35. The molecule has 1 aliphatic heterocycles. The summed E-state index contributed by atoms with van der Waals surface area (Å²) in [5.41, 5.74) is 1.22. The summed E-state index contributed by atoms with van der Waals surface area (Å²) < 4.78 is 0. The molecule has 1 aromatic rings. The topological polar surface area (TPSA) is 69.7 Å². The summed E-state index contributed by atoms with van der Waals surface area (Å²) in [7, 11) is 1.76. The first-order valence-corrected chi connectivity index (χ1v) is 9.86. The van der Waals surface area contributed by atoms with Crippen LogP contribution in [0.25, 0.3) is 0 Å². The molecule has 1 aliphatic carbocycles. The van der Waals surface area contributed by atoms with Gasteiger partial charge in [0.15, 0.2) is 0 Å². The summed E-state index contributed by atoms with van der Waals surface area (Å²) in [5, 5.41) is 2.79. The minimum atomic E-state index is -0.138. The van der Waals surface area contributed by atoms with Crippen molar-refractivity contribution in [3.05, 3.63) is 29.8 Å². The Labute approximate surface area is 160 Å². The predicted octanol–water partition coefficient (Wildman–Crippen LogP) is 2.41. The molecule has 6 nitrogen and oxygen atoms in total. The van der Waals surface area contributed by atoms with Gasteiger partial charge in [0.2, 0.25) is 11.8 Å². The summed E-state index contributed by atoms with van der Waals surface area (Å²) in [5.74, 6) is 1.65. The van der Waals surface area contributed by atoms with E-state index in [4.69, 9.17) is 0 Å². The number of likely N-dealkylation sites (tertiary alicyclic amines) is 1. The Balaban J connectivity index is 1.34. The molecule has 2 unspecified atom stereocenters. The summed E-state index contributed by atoms with van der Waals surface area (Å²) in [6.45, 7) is 3.52. The SMILES string of the molecule is CN(CCC(=O)Nc1ccc(C=O)cc1)C(=O)CCN1CC2CCCC2C1. The lowest BCUT2D eigenvalue weighted by atomic mass is 10.0. The van der Waals surface area contributed by atoms with Gasteiger partial charge >= 0.3 is 0 Å². The van der Waals surface area contributed by atoms with Gasteiger partial charge in [-0.1, -0.05) is 6.42 Å². The third-order valence-electron chi connectivity index (χ3n) is 5.87. The second kappa shape index (κ2) is 9.13. The molecule has 1 heterocycles. The summed E-state index contributed by atoms with van der Waals surface area (Å²) in [4.78, 5) is 39.1. The van der Waals surface area contributed by atoms with Crippen molar-refractivity contribution in [3.8, 4) is 0 Å². The largest absolute Gasteiger partial charge is 0.345 e. The zero-order valence-electron chi connectivity index (χ0n) is 16.0. The van der Waals surface area contributed by atoms with E-state index in [1.54, 1.807) is 36.2 Å². The van der Waals surface area contributed by atoms with Crippen LogP contribution in [-0.4, -0.2) is 61.1 Å². The van der Waals surface area contributed by atoms with Crippen LogP contribution in [0.3, 0.4) is 0 Å². The molecule has 0 aromatic heterocycles. The standard InChI is InChI=1S/C21H29N3O3/c1-23(11-9-20(26)22-19-7-5-16(15-25)6-8-19)21(27)10-12-24-13-17-3-2-4-18(17)14-24/h5-8,15,17-18H,2-4,9-14H2,1H3,(H,22,26). The lowest BCUT2D eigenvalue weighted by Gasteiger charge is -2.20. The van der Waals surface area contributed by atoms with Gasteiger partial charge in [-0.2, -0.15) is 0 Å². The number of fused-ring (bicyclic) bond motifs is 1. The third kappa shape index (κ3) is 5.39. The molecular weight excluding hydrogens is 342 g/mol. The minimum absolute atomic E-state index is 0.0928. The first kappa shape index (κ1) is 19.5. The molecule has 1 N–H and O–H groups in total. The van der Waals surface area contributed by atoms with E-state index in [-0.39, 0.29) is 18.2 Å². The van der Waals surface area contributed by atoms with E-state index in [1.807, 2.05) is 0 Å². The Morgan fingerprint density at radius 1 is 1.15 bits per heavy atom. The number of rotatable bonds is 8. The molecule has 2 fully saturated rings. The Morgan fingerprint density at radius 3 is 2.44 bits per heavy atom. The average molecular weight is 371 g/mol. The van der Waals surface area contributed by atoms with Gasteiger partial charge in [0.25, 0.3) is 0 Å². The van der Waals surface area contributed by atoms with Crippen LogP contribution in [0, 0.1) is 11.8 Å². The number of aldehydes is 1. The number of carbonyl (C=O) groups excluding carboxylic acids is 3. The number of anilines is 1. The highest BCUT2D eigenvalue weighted by molar-refractivity contribution is 5.91. The monoisotopic (exact) mass is 371 g/mol. The smallest absolute Gasteiger partial charge is 0.226 e. The number of amides is 2. The fourth-order valence-electron chi connectivity index (χ4n) is 4.22. The van der Waals surface area contributed by atoms with E-state index in [0.29, 0.717) is 24.2 Å². The van der Waals surface area contributed by atoms with Crippen molar-refractivity contribution in [1.82, 2.24) is 9.80 Å². The molecular formula is C21H29N3O3. The van der Waals surface area contributed by atoms with E-state index in [1.165, 1.54) is 19.3 Å². The molecule has 1 saturated heterocycles. The fourth-order valence-corrected chi connectivity index (χ4v) is 4.22. The second-order valence-electron chi connectivity index (χ2n) is 7.81. The van der Waals surface area contributed by atoms with Gasteiger partial charge in [0, 0.05) is 57.3 Å². The first-order chi connectivity index (χ1) is 13.0. The number of nitrogens with zero attached hydrogens (tertiary/aromatic N) is 2. The Hall–Kier alpha value is -2.21. The third-order valence-corrected chi connectivity index (χ3v) is 5.87. The predicted molar refractivity (Wildman–Crippen MR) is 105 cm³/mol. The molecule has 1 aromatic carbocycles.